The monoisotopic (exact) mass is 353 g/mol. The number of thioether (sulfide) groups is 1. The summed E-state index contributed by atoms with van der Waals surface area (Å²) in [5.41, 5.74) is 0. The fourth-order valence-corrected chi connectivity index (χ4v) is 2.89. The summed E-state index contributed by atoms with van der Waals surface area (Å²) in [6.07, 6.45) is 1.75. The molecule has 2 aromatic rings. The first-order valence-electron chi connectivity index (χ1n) is 7.49. The number of hydrogen-bond donors (Lipinski definition) is 1. The van der Waals surface area contributed by atoms with Crippen molar-refractivity contribution < 1.29 is 13.9 Å². The fraction of sp³-hybridized carbons (Fsp3) is 0.353. The van der Waals surface area contributed by atoms with Gasteiger partial charge in [-0.2, -0.15) is 11.8 Å². The molecule has 1 amide bonds. The van der Waals surface area contributed by atoms with Gasteiger partial charge in [-0.1, -0.05) is 24.6 Å². The van der Waals surface area contributed by atoms with Gasteiger partial charge in [-0.15, -0.1) is 0 Å². The van der Waals surface area contributed by atoms with E-state index in [1.807, 2.05) is 19.1 Å². The lowest BCUT2D eigenvalue weighted by atomic mass is 10.2. The highest BCUT2D eigenvalue weighted by molar-refractivity contribution is 7.98. The first kappa shape index (κ1) is 17.8. The molecule has 124 valence electrons. The first-order valence-corrected chi connectivity index (χ1v) is 9.02. The number of amides is 1. The van der Waals surface area contributed by atoms with Gasteiger partial charge in [0, 0.05) is 17.3 Å². The average Bonchev–Trinajstić information content (AvgIpc) is 3.05. The maximum Gasteiger partial charge on any atom is 0.261 e. The van der Waals surface area contributed by atoms with Gasteiger partial charge in [0.05, 0.1) is 12.0 Å². The summed E-state index contributed by atoms with van der Waals surface area (Å²) in [7, 11) is 0. The molecular weight excluding hydrogens is 334 g/mol. The van der Waals surface area contributed by atoms with E-state index in [2.05, 4.69) is 5.32 Å². The van der Waals surface area contributed by atoms with Gasteiger partial charge in [-0.05, 0) is 36.8 Å². The van der Waals surface area contributed by atoms with Crippen LogP contribution in [0.25, 0.3) is 0 Å². The van der Waals surface area contributed by atoms with Crippen molar-refractivity contribution in [3.63, 3.8) is 0 Å². The number of benzene rings is 1. The molecule has 1 heterocycles. The number of furan rings is 1. The Morgan fingerprint density at radius 2 is 2.26 bits per heavy atom. The highest BCUT2D eigenvalue weighted by Crippen LogP contribution is 2.19. The first-order chi connectivity index (χ1) is 11.2. The van der Waals surface area contributed by atoms with Gasteiger partial charge >= 0.3 is 0 Å². The molecule has 0 fully saturated rings. The second-order valence-electron chi connectivity index (χ2n) is 4.90. The Bertz CT molecular complexity index is 604. The van der Waals surface area contributed by atoms with Crippen LogP contribution in [0.1, 0.15) is 19.1 Å². The summed E-state index contributed by atoms with van der Waals surface area (Å²) in [6.45, 7) is 2.51. The summed E-state index contributed by atoms with van der Waals surface area (Å²) in [4.78, 5) is 12.2. The van der Waals surface area contributed by atoms with Crippen LogP contribution in [0.3, 0.4) is 0 Å². The molecule has 0 spiro atoms. The maximum absolute atomic E-state index is 12.2. The van der Waals surface area contributed by atoms with Crippen molar-refractivity contribution >= 4 is 29.3 Å². The zero-order valence-electron chi connectivity index (χ0n) is 13.0. The standard InChI is InChI=1S/C17H20ClNO3S/c1-2-16(22-14-6-3-5-13(18)11-14)17(20)19-8-10-23-12-15-7-4-9-21-15/h3-7,9,11,16H,2,8,10,12H2,1H3,(H,19,20)/t16-/m1/s1. The second-order valence-corrected chi connectivity index (χ2v) is 6.44. The molecule has 4 nitrogen and oxygen atoms in total. The van der Waals surface area contributed by atoms with Crippen LogP contribution in [0, 0.1) is 0 Å². The molecule has 1 N–H and O–H groups in total. The highest BCUT2D eigenvalue weighted by Gasteiger charge is 2.17. The van der Waals surface area contributed by atoms with Gasteiger partial charge in [0.25, 0.3) is 5.91 Å². The summed E-state index contributed by atoms with van der Waals surface area (Å²) >= 11 is 7.63. The zero-order valence-corrected chi connectivity index (χ0v) is 14.5. The molecule has 0 unspecified atom stereocenters. The van der Waals surface area contributed by atoms with Crippen molar-refractivity contribution in [2.24, 2.45) is 0 Å². The van der Waals surface area contributed by atoms with Gasteiger partial charge in [-0.25, -0.2) is 0 Å². The van der Waals surface area contributed by atoms with Crippen LogP contribution in [0.15, 0.2) is 47.1 Å². The normalized spacial score (nSPS) is 11.9. The summed E-state index contributed by atoms with van der Waals surface area (Å²) < 4.78 is 11.0. The van der Waals surface area contributed by atoms with Gasteiger partial charge in [0.2, 0.25) is 0 Å². The van der Waals surface area contributed by atoms with Crippen LogP contribution in [-0.4, -0.2) is 24.3 Å². The van der Waals surface area contributed by atoms with Crippen LogP contribution in [0.2, 0.25) is 5.02 Å². The summed E-state index contributed by atoms with van der Waals surface area (Å²) in [5.74, 6) is 3.06. The van der Waals surface area contributed by atoms with Gasteiger partial charge in [0.15, 0.2) is 6.10 Å². The minimum absolute atomic E-state index is 0.105. The molecular formula is C17H20ClNO3S. The van der Waals surface area contributed by atoms with Crippen LogP contribution >= 0.6 is 23.4 Å². The number of carbonyl (C=O) groups is 1. The molecule has 23 heavy (non-hydrogen) atoms. The maximum atomic E-state index is 12.2. The molecule has 1 aromatic carbocycles. The van der Waals surface area contributed by atoms with Gasteiger partial charge in [-0.3, -0.25) is 4.79 Å². The molecule has 0 aliphatic heterocycles. The number of nitrogens with one attached hydrogen (secondary N) is 1. The number of hydrogen-bond acceptors (Lipinski definition) is 4. The van der Waals surface area contributed by atoms with Crippen molar-refractivity contribution in [1.29, 1.82) is 0 Å². The number of carbonyl (C=O) groups excluding carboxylic acids is 1. The molecule has 2 rings (SSSR count). The van der Waals surface area contributed by atoms with Gasteiger partial charge < -0.3 is 14.5 Å². The van der Waals surface area contributed by atoms with Gasteiger partial charge in [0.1, 0.15) is 11.5 Å². The molecule has 0 radical (unpaired) electrons. The largest absolute Gasteiger partial charge is 0.481 e. The van der Waals surface area contributed by atoms with Crippen LogP contribution in [-0.2, 0) is 10.5 Å². The highest BCUT2D eigenvalue weighted by atomic mass is 35.5. The van der Waals surface area contributed by atoms with E-state index < -0.39 is 6.10 Å². The molecule has 0 bridgehead atoms. The topological polar surface area (TPSA) is 51.5 Å². The molecule has 1 aromatic heterocycles. The SMILES string of the molecule is CC[C@@H](Oc1cccc(Cl)c1)C(=O)NCCSCc1ccco1. The lowest BCUT2D eigenvalue weighted by Crippen LogP contribution is -2.39. The smallest absolute Gasteiger partial charge is 0.261 e. The minimum atomic E-state index is -0.511. The predicted molar refractivity (Wildman–Crippen MR) is 94.0 cm³/mol. The van der Waals surface area contributed by atoms with Crippen molar-refractivity contribution in [1.82, 2.24) is 5.32 Å². The van der Waals surface area contributed by atoms with E-state index >= 15 is 0 Å². The average molecular weight is 354 g/mol. The van der Waals surface area contributed by atoms with Crippen LogP contribution < -0.4 is 10.1 Å². The Hall–Kier alpha value is -1.59. The molecule has 0 saturated carbocycles. The van der Waals surface area contributed by atoms with E-state index in [1.165, 1.54) is 0 Å². The molecule has 0 aliphatic carbocycles. The lowest BCUT2D eigenvalue weighted by molar-refractivity contribution is -0.127. The van der Waals surface area contributed by atoms with Crippen molar-refractivity contribution in [3.05, 3.63) is 53.4 Å². The summed E-state index contributed by atoms with van der Waals surface area (Å²) in [5, 5.41) is 3.49. The minimum Gasteiger partial charge on any atom is -0.481 e. The molecule has 0 saturated heterocycles. The zero-order chi connectivity index (χ0) is 16.5. The van der Waals surface area contributed by atoms with E-state index in [0.29, 0.717) is 23.7 Å². The fourth-order valence-electron chi connectivity index (χ4n) is 1.95. The summed E-state index contributed by atoms with van der Waals surface area (Å²) in [6, 6.07) is 10.9. The molecule has 1 atom stereocenters. The van der Waals surface area contributed by atoms with E-state index in [0.717, 1.165) is 17.3 Å². The number of ether oxygens (including phenoxy) is 1. The van der Waals surface area contributed by atoms with Crippen LogP contribution in [0.5, 0.6) is 5.75 Å². The van der Waals surface area contributed by atoms with Crippen molar-refractivity contribution in [2.45, 2.75) is 25.2 Å². The third-order valence-electron chi connectivity index (χ3n) is 3.11. The predicted octanol–water partition coefficient (Wildman–Crippen LogP) is 4.14. The molecule has 0 aliphatic rings. The molecule has 6 heteroatoms. The second kappa shape index (κ2) is 9.53. The third-order valence-corrected chi connectivity index (χ3v) is 4.32. The third kappa shape index (κ3) is 6.20. The Balaban J connectivity index is 1.70. The number of halogens is 1. The van der Waals surface area contributed by atoms with Crippen LogP contribution in [0.4, 0.5) is 0 Å². The Labute approximate surface area is 145 Å². The van der Waals surface area contributed by atoms with Crippen molar-refractivity contribution in [2.75, 3.05) is 12.3 Å². The van der Waals surface area contributed by atoms with Crippen molar-refractivity contribution in [3.8, 4) is 5.75 Å². The number of rotatable bonds is 9. The Morgan fingerprint density at radius 1 is 1.39 bits per heavy atom. The lowest BCUT2D eigenvalue weighted by Gasteiger charge is -2.17. The van der Waals surface area contributed by atoms with E-state index in [1.54, 1.807) is 42.3 Å². The van der Waals surface area contributed by atoms with E-state index in [-0.39, 0.29) is 5.91 Å². The van der Waals surface area contributed by atoms with E-state index in [9.17, 15) is 4.79 Å². The van der Waals surface area contributed by atoms with E-state index in [4.69, 9.17) is 20.8 Å². The quantitative estimate of drug-likeness (QED) is 0.688. The Morgan fingerprint density at radius 3 is 2.96 bits per heavy atom. The Kier molecular flexibility index (Phi) is 7.36.